The first-order valence-corrected chi connectivity index (χ1v) is 10.2. The van der Waals surface area contributed by atoms with E-state index in [0.717, 1.165) is 31.6 Å². The first-order chi connectivity index (χ1) is 12.5. The lowest BCUT2D eigenvalue weighted by Gasteiger charge is -2.33. The number of hydrogen-bond donors (Lipinski definition) is 1. The number of hydrogen-bond acceptors (Lipinski definition) is 3. The maximum absolute atomic E-state index is 12.7. The summed E-state index contributed by atoms with van der Waals surface area (Å²) < 4.78 is 6.08. The molecule has 1 N–H and O–H groups in total. The number of nitrogens with one attached hydrogen (secondary N) is 1. The number of carbonyl (C=O) groups excluding carboxylic acids is 1. The lowest BCUT2D eigenvalue weighted by molar-refractivity contribution is -0.127. The fraction of sp³-hybridized carbons (Fsp3) is 0.696. The Hall–Kier alpha value is -1.55. The minimum Gasteiger partial charge on any atom is -0.492 e. The molecule has 0 spiro atoms. The number of amides is 1. The second kappa shape index (κ2) is 8.64. The van der Waals surface area contributed by atoms with Gasteiger partial charge in [-0.2, -0.15) is 0 Å². The number of nitrogens with zero attached hydrogens (tertiary/aromatic N) is 1. The lowest BCUT2D eigenvalue weighted by atomic mass is 9.74. The van der Waals surface area contributed by atoms with Crippen molar-refractivity contribution in [3.8, 4) is 5.75 Å². The van der Waals surface area contributed by atoms with Gasteiger partial charge in [0.25, 0.3) is 0 Å². The minimum atomic E-state index is -0.183. The summed E-state index contributed by atoms with van der Waals surface area (Å²) in [5, 5.41) is 3.15. The van der Waals surface area contributed by atoms with Gasteiger partial charge in [-0.15, -0.1) is 0 Å². The van der Waals surface area contributed by atoms with Gasteiger partial charge in [-0.3, -0.25) is 4.79 Å². The maximum Gasteiger partial charge on any atom is 0.223 e. The van der Waals surface area contributed by atoms with Gasteiger partial charge in [-0.25, -0.2) is 0 Å². The van der Waals surface area contributed by atoms with Crippen molar-refractivity contribution in [1.29, 1.82) is 0 Å². The molecule has 4 heteroatoms. The van der Waals surface area contributed by atoms with E-state index in [-0.39, 0.29) is 17.4 Å². The van der Waals surface area contributed by atoms with E-state index in [2.05, 4.69) is 51.1 Å². The Labute approximate surface area is 165 Å². The van der Waals surface area contributed by atoms with Crippen molar-refractivity contribution in [2.75, 3.05) is 27.2 Å². The average molecular weight is 375 g/mol. The number of aryl methyl sites for hydroxylation is 1. The Kier molecular flexibility index (Phi) is 6.96. The summed E-state index contributed by atoms with van der Waals surface area (Å²) in [6.07, 6.45) is 3.09. The summed E-state index contributed by atoms with van der Waals surface area (Å²) >= 11 is 0. The van der Waals surface area contributed by atoms with Crippen LogP contribution in [0.5, 0.6) is 5.75 Å². The zero-order valence-corrected chi connectivity index (χ0v) is 18.5. The van der Waals surface area contributed by atoms with E-state index >= 15 is 0 Å². The number of fused-ring (bicyclic) bond motifs is 1. The molecule has 0 aliphatic heterocycles. The van der Waals surface area contributed by atoms with Crippen LogP contribution >= 0.6 is 0 Å². The Bertz CT molecular complexity index is 674. The van der Waals surface area contributed by atoms with Gasteiger partial charge in [0.15, 0.2) is 0 Å². The summed E-state index contributed by atoms with van der Waals surface area (Å²) in [7, 11) is 4.12. The molecule has 1 amide bonds. The number of likely N-dealkylation sites (N-methyl/N-ethyl adjacent to an activating group) is 1. The summed E-state index contributed by atoms with van der Waals surface area (Å²) in [5.74, 6) is 1.58. The van der Waals surface area contributed by atoms with Crippen LogP contribution in [0.3, 0.4) is 0 Å². The molecule has 1 aromatic rings. The van der Waals surface area contributed by atoms with E-state index in [1.807, 2.05) is 20.8 Å². The molecule has 0 fully saturated rings. The zero-order chi connectivity index (χ0) is 20.4. The van der Waals surface area contributed by atoms with Gasteiger partial charge in [-0.1, -0.05) is 6.92 Å². The van der Waals surface area contributed by atoms with Gasteiger partial charge < -0.3 is 15.0 Å². The third-order valence-corrected chi connectivity index (χ3v) is 5.66. The van der Waals surface area contributed by atoms with Gasteiger partial charge in [0, 0.05) is 18.0 Å². The highest BCUT2D eigenvalue weighted by molar-refractivity contribution is 5.79. The highest BCUT2D eigenvalue weighted by atomic mass is 16.5. The fourth-order valence-electron chi connectivity index (χ4n) is 3.94. The first kappa shape index (κ1) is 21.7. The van der Waals surface area contributed by atoms with Crippen LogP contribution in [0.1, 0.15) is 56.4 Å². The third-order valence-electron chi connectivity index (χ3n) is 5.66. The van der Waals surface area contributed by atoms with Gasteiger partial charge in [0.1, 0.15) is 12.4 Å². The predicted molar refractivity (Wildman–Crippen MR) is 113 cm³/mol. The van der Waals surface area contributed by atoms with Crippen molar-refractivity contribution in [3.63, 3.8) is 0 Å². The van der Waals surface area contributed by atoms with Crippen molar-refractivity contribution >= 4 is 5.91 Å². The van der Waals surface area contributed by atoms with Crippen LogP contribution in [0.15, 0.2) is 6.07 Å². The summed E-state index contributed by atoms with van der Waals surface area (Å²) in [5.41, 5.74) is 5.26. The Morgan fingerprint density at radius 3 is 2.56 bits per heavy atom. The van der Waals surface area contributed by atoms with Crippen molar-refractivity contribution in [1.82, 2.24) is 10.2 Å². The first-order valence-electron chi connectivity index (χ1n) is 10.2. The molecule has 0 saturated heterocycles. The summed E-state index contributed by atoms with van der Waals surface area (Å²) in [6, 6.07) is 2.19. The maximum atomic E-state index is 12.7. The SMILES string of the molecule is Cc1cc(OCCN(C)C)c(C)c2c1CC[C@@H]([C@H](C)C(=O)NC(C)(C)C)C2. The molecule has 0 unspecified atom stereocenters. The van der Waals surface area contributed by atoms with Crippen LogP contribution in [0.2, 0.25) is 0 Å². The Balaban J connectivity index is 2.17. The zero-order valence-electron chi connectivity index (χ0n) is 18.5. The van der Waals surface area contributed by atoms with Crippen LogP contribution in [-0.2, 0) is 17.6 Å². The number of rotatable bonds is 6. The molecule has 4 nitrogen and oxygen atoms in total. The highest BCUT2D eigenvalue weighted by Gasteiger charge is 2.31. The fourth-order valence-corrected chi connectivity index (χ4v) is 3.94. The molecule has 0 bridgehead atoms. The van der Waals surface area contributed by atoms with Crippen molar-refractivity contribution in [2.45, 2.75) is 66.3 Å². The van der Waals surface area contributed by atoms with Gasteiger partial charge in [0.05, 0.1) is 0 Å². The van der Waals surface area contributed by atoms with E-state index in [4.69, 9.17) is 4.74 Å². The molecule has 1 aliphatic carbocycles. The Morgan fingerprint density at radius 1 is 1.30 bits per heavy atom. The molecule has 152 valence electrons. The average Bonchev–Trinajstić information content (AvgIpc) is 2.56. The van der Waals surface area contributed by atoms with Crippen molar-refractivity contribution in [3.05, 3.63) is 28.3 Å². The monoisotopic (exact) mass is 374 g/mol. The van der Waals surface area contributed by atoms with E-state index in [0.29, 0.717) is 12.5 Å². The Morgan fingerprint density at radius 2 is 1.96 bits per heavy atom. The minimum absolute atomic E-state index is 0.0235. The third kappa shape index (κ3) is 5.71. The standard InChI is InChI=1S/C23H38N2O2/c1-15-13-21(27-12-11-25(7)8)17(3)20-14-18(9-10-19(15)20)16(2)22(26)24-23(4,5)6/h13,16,18H,9-12,14H2,1-8H3,(H,24,26)/t16-,18+/m0/s1. The molecule has 0 heterocycles. The number of carbonyl (C=O) groups is 1. The summed E-state index contributed by atoms with van der Waals surface area (Å²) in [4.78, 5) is 14.8. The largest absolute Gasteiger partial charge is 0.492 e. The van der Waals surface area contributed by atoms with Crippen molar-refractivity contribution < 1.29 is 9.53 Å². The van der Waals surface area contributed by atoms with Crippen LogP contribution in [0, 0.1) is 25.7 Å². The number of benzene rings is 1. The second-order valence-corrected chi connectivity index (χ2v) is 9.46. The molecule has 1 aliphatic rings. The second-order valence-electron chi connectivity index (χ2n) is 9.46. The van der Waals surface area contributed by atoms with E-state index < -0.39 is 0 Å². The molecular weight excluding hydrogens is 336 g/mol. The molecule has 2 rings (SSSR count). The highest BCUT2D eigenvalue weighted by Crippen LogP contribution is 2.37. The van der Waals surface area contributed by atoms with Crippen LogP contribution in [0.25, 0.3) is 0 Å². The topological polar surface area (TPSA) is 41.6 Å². The predicted octanol–water partition coefficient (Wildman–Crippen LogP) is 3.90. The number of ether oxygens (including phenoxy) is 1. The van der Waals surface area contributed by atoms with E-state index in [1.54, 1.807) is 0 Å². The quantitative estimate of drug-likeness (QED) is 0.821. The van der Waals surface area contributed by atoms with E-state index in [1.165, 1.54) is 22.3 Å². The molecule has 27 heavy (non-hydrogen) atoms. The van der Waals surface area contributed by atoms with E-state index in [9.17, 15) is 4.79 Å². The van der Waals surface area contributed by atoms with Crippen molar-refractivity contribution in [2.24, 2.45) is 11.8 Å². The molecule has 2 atom stereocenters. The van der Waals surface area contributed by atoms with Gasteiger partial charge in [0.2, 0.25) is 5.91 Å². The smallest absolute Gasteiger partial charge is 0.223 e. The molecule has 0 saturated carbocycles. The molecule has 1 aromatic carbocycles. The normalized spacial score (nSPS) is 18.2. The van der Waals surface area contributed by atoms with Gasteiger partial charge in [-0.05, 0) is 102 Å². The molecule has 0 aromatic heterocycles. The summed E-state index contributed by atoms with van der Waals surface area (Å²) in [6.45, 7) is 14.2. The molecular formula is C23H38N2O2. The van der Waals surface area contributed by atoms with Crippen LogP contribution in [0.4, 0.5) is 0 Å². The van der Waals surface area contributed by atoms with Crippen LogP contribution < -0.4 is 10.1 Å². The van der Waals surface area contributed by atoms with Crippen LogP contribution in [-0.4, -0.2) is 43.6 Å². The van der Waals surface area contributed by atoms with Gasteiger partial charge >= 0.3 is 0 Å². The molecule has 0 radical (unpaired) electrons. The lowest BCUT2D eigenvalue weighted by Crippen LogP contribution is -2.45.